The molecule has 0 aliphatic carbocycles. The fourth-order valence-electron chi connectivity index (χ4n) is 2.07. The lowest BCUT2D eigenvalue weighted by Crippen LogP contribution is -2.00. The molecule has 0 aromatic heterocycles. The summed E-state index contributed by atoms with van der Waals surface area (Å²) in [6.45, 7) is 2.89. The van der Waals surface area contributed by atoms with Crippen LogP contribution in [0.25, 0.3) is 0 Å². The number of halogens is 1. The lowest BCUT2D eigenvalue weighted by Gasteiger charge is -2.08. The van der Waals surface area contributed by atoms with Crippen molar-refractivity contribution in [1.29, 1.82) is 0 Å². The summed E-state index contributed by atoms with van der Waals surface area (Å²) in [6.07, 6.45) is 10.2. The van der Waals surface area contributed by atoms with Gasteiger partial charge in [-0.15, -0.1) is 0 Å². The molecule has 0 atom stereocenters. The van der Waals surface area contributed by atoms with Gasteiger partial charge in [0.15, 0.2) is 0 Å². The molecule has 0 aliphatic heterocycles. The number of benzene rings is 1. The van der Waals surface area contributed by atoms with Crippen LogP contribution in [0.1, 0.15) is 58.3 Å². The number of rotatable bonds is 10. The maximum Gasteiger partial charge on any atom is 0.142 e. The molecule has 0 spiro atoms. The van der Waals surface area contributed by atoms with E-state index in [0.717, 1.165) is 6.42 Å². The third-order valence-electron chi connectivity index (χ3n) is 3.23. The van der Waals surface area contributed by atoms with Crippen molar-refractivity contribution in [1.82, 2.24) is 0 Å². The van der Waals surface area contributed by atoms with Gasteiger partial charge in [0.05, 0.1) is 12.3 Å². The van der Waals surface area contributed by atoms with E-state index in [1.165, 1.54) is 57.1 Å². The van der Waals surface area contributed by atoms with Crippen LogP contribution in [0, 0.1) is 5.82 Å². The number of anilines is 1. The number of nitrogen functional groups attached to an aromatic ring is 1. The van der Waals surface area contributed by atoms with E-state index in [0.29, 0.717) is 18.0 Å². The molecule has 0 unspecified atom stereocenters. The quantitative estimate of drug-likeness (QED) is 0.482. The third-order valence-corrected chi connectivity index (χ3v) is 3.23. The van der Waals surface area contributed by atoms with Crippen molar-refractivity contribution in [2.24, 2.45) is 0 Å². The highest BCUT2D eigenvalue weighted by Gasteiger charge is 2.01. The first-order valence-corrected chi connectivity index (χ1v) is 7.42. The zero-order valence-corrected chi connectivity index (χ0v) is 12.0. The highest BCUT2D eigenvalue weighted by molar-refractivity contribution is 5.52. The summed E-state index contributed by atoms with van der Waals surface area (Å²) >= 11 is 0. The van der Waals surface area contributed by atoms with Crippen molar-refractivity contribution in [2.75, 3.05) is 12.3 Å². The van der Waals surface area contributed by atoms with Gasteiger partial charge in [-0.3, -0.25) is 0 Å². The third kappa shape index (κ3) is 7.04. The van der Waals surface area contributed by atoms with E-state index in [1.54, 1.807) is 6.07 Å². The lowest BCUT2D eigenvalue weighted by molar-refractivity contribution is 0.305. The molecule has 1 rings (SSSR count). The normalized spacial score (nSPS) is 10.6. The minimum atomic E-state index is -0.322. The minimum Gasteiger partial charge on any atom is -0.491 e. The van der Waals surface area contributed by atoms with Crippen molar-refractivity contribution in [3.8, 4) is 5.75 Å². The summed E-state index contributed by atoms with van der Waals surface area (Å²) in [4.78, 5) is 0. The van der Waals surface area contributed by atoms with E-state index in [4.69, 9.17) is 10.5 Å². The summed E-state index contributed by atoms with van der Waals surface area (Å²) in [7, 11) is 0. The number of unbranched alkanes of at least 4 members (excludes halogenated alkanes) is 7. The fraction of sp³-hybridized carbons (Fsp3) is 0.625. The van der Waals surface area contributed by atoms with Gasteiger partial charge in [0.1, 0.15) is 11.6 Å². The second-order valence-electron chi connectivity index (χ2n) is 5.01. The van der Waals surface area contributed by atoms with Crippen LogP contribution in [0.2, 0.25) is 0 Å². The second kappa shape index (κ2) is 9.65. The molecule has 0 amide bonds. The topological polar surface area (TPSA) is 35.2 Å². The highest BCUT2D eigenvalue weighted by Crippen LogP contribution is 2.22. The Bertz CT molecular complexity index is 355. The maximum atomic E-state index is 12.8. The maximum absolute atomic E-state index is 12.8. The number of nitrogens with two attached hydrogens (primary N) is 1. The Labute approximate surface area is 116 Å². The lowest BCUT2D eigenvalue weighted by atomic mass is 10.1. The molecule has 0 fully saturated rings. The summed E-state index contributed by atoms with van der Waals surface area (Å²) in [5.74, 6) is 0.265. The SMILES string of the molecule is CCCCCCCCCCOc1ccc(F)cc1N. The minimum absolute atomic E-state index is 0.322. The van der Waals surface area contributed by atoms with Gasteiger partial charge in [-0.2, -0.15) is 0 Å². The van der Waals surface area contributed by atoms with Gasteiger partial charge in [0.2, 0.25) is 0 Å². The van der Waals surface area contributed by atoms with E-state index in [9.17, 15) is 4.39 Å². The summed E-state index contributed by atoms with van der Waals surface area (Å²) in [6, 6.07) is 4.26. The van der Waals surface area contributed by atoms with Crippen molar-refractivity contribution < 1.29 is 9.13 Å². The van der Waals surface area contributed by atoms with Crippen LogP contribution < -0.4 is 10.5 Å². The first-order chi connectivity index (χ1) is 9.24. The van der Waals surface area contributed by atoms with Crippen LogP contribution in [-0.2, 0) is 0 Å². The van der Waals surface area contributed by atoms with E-state index < -0.39 is 0 Å². The van der Waals surface area contributed by atoms with Crippen molar-refractivity contribution in [3.05, 3.63) is 24.0 Å². The zero-order chi connectivity index (χ0) is 13.9. The second-order valence-corrected chi connectivity index (χ2v) is 5.01. The number of hydrogen-bond donors (Lipinski definition) is 1. The van der Waals surface area contributed by atoms with Crippen LogP contribution >= 0.6 is 0 Å². The van der Waals surface area contributed by atoms with E-state index in [-0.39, 0.29) is 5.82 Å². The molecule has 1 aromatic rings. The molecule has 1 aromatic carbocycles. The molecule has 108 valence electrons. The summed E-state index contributed by atoms with van der Waals surface area (Å²) in [5, 5.41) is 0. The molecular formula is C16H26FNO. The molecular weight excluding hydrogens is 241 g/mol. The van der Waals surface area contributed by atoms with Gasteiger partial charge in [-0.1, -0.05) is 51.9 Å². The van der Waals surface area contributed by atoms with Gasteiger partial charge in [-0.25, -0.2) is 4.39 Å². The Morgan fingerprint density at radius 1 is 1.00 bits per heavy atom. The molecule has 0 bridgehead atoms. The average molecular weight is 267 g/mol. The molecule has 19 heavy (non-hydrogen) atoms. The monoisotopic (exact) mass is 267 g/mol. The zero-order valence-electron chi connectivity index (χ0n) is 12.0. The Hall–Kier alpha value is -1.25. The average Bonchev–Trinajstić information content (AvgIpc) is 2.39. The van der Waals surface area contributed by atoms with E-state index >= 15 is 0 Å². The molecule has 2 nitrogen and oxygen atoms in total. The van der Waals surface area contributed by atoms with Crippen LogP contribution in [0.15, 0.2) is 18.2 Å². The van der Waals surface area contributed by atoms with Crippen molar-refractivity contribution in [3.63, 3.8) is 0 Å². The molecule has 0 saturated heterocycles. The highest BCUT2D eigenvalue weighted by atomic mass is 19.1. The van der Waals surface area contributed by atoms with Gasteiger partial charge < -0.3 is 10.5 Å². The van der Waals surface area contributed by atoms with Gasteiger partial charge in [-0.05, 0) is 18.6 Å². The predicted octanol–water partition coefficient (Wildman–Crippen LogP) is 4.93. The Morgan fingerprint density at radius 2 is 1.63 bits per heavy atom. The van der Waals surface area contributed by atoms with E-state index in [2.05, 4.69) is 6.92 Å². The van der Waals surface area contributed by atoms with Crippen molar-refractivity contribution in [2.45, 2.75) is 58.3 Å². The molecule has 0 heterocycles. The fourth-order valence-corrected chi connectivity index (χ4v) is 2.07. The van der Waals surface area contributed by atoms with Crippen LogP contribution in [0.3, 0.4) is 0 Å². The summed E-state index contributed by atoms with van der Waals surface area (Å²) < 4.78 is 18.4. The predicted molar refractivity (Wildman–Crippen MR) is 78.9 cm³/mol. The molecule has 0 aliphatic rings. The smallest absolute Gasteiger partial charge is 0.142 e. The van der Waals surface area contributed by atoms with Gasteiger partial charge >= 0.3 is 0 Å². The molecule has 2 N–H and O–H groups in total. The Balaban J connectivity index is 2.01. The first-order valence-electron chi connectivity index (χ1n) is 7.42. The standard InChI is InChI=1S/C16H26FNO/c1-2-3-4-5-6-7-8-9-12-19-16-11-10-14(17)13-15(16)18/h10-11,13H,2-9,12,18H2,1H3. The number of hydrogen-bond acceptors (Lipinski definition) is 2. The van der Waals surface area contributed by atoms with Crippen molar-refractivity contribution >= 4 is 5.69 Å². The molecule has 3 heteroatoms. The Kier molecular flexibility index (Phi) is 8.03. The summed E-state index contributed by atoms with van der Waals surface area (Å²) in [5.41, 5.74) is 6.04. The van der Waals surface area contributed by atoms with Crippen LogP contribution in [-0.4, -0.2) is 6.61 Å². The number of ether oxygens (including phenoxy) is 1. The first kappa shape index (κ1) is 15.8. The largest absolute Gasteiger partial charge is 0.491 e. The molecule has 0 saturated carbocycles. The van der Waals surface area contributed by atoms with Crippen LogP contribution in [0.5, 0.6) is 5.75 Å². The van der Waals surface area contributed by atoms with E-state index in [1.807, 2.05) is 0 Å². The van der Waals surface area contributed by atoms with Gasteiger partial charge in [0, 0.05) is 6.07 Å². The Morgan fingerprint density at radius 3 is 2.26 bits per heavy atom. The van der Waals surface area contributed by atoms with Gasteiger partial charge in [0.25, 0.3) is 0 Å². The van der Waals surface area contributed by atoms with Crippen LogP contribution in [0.4, 0.5) is 10.1 Å². The molecule has 0 radical (unpaired) electrons.